The Morgan fingerprint density at radius 2 is 1.90 bits per heavy atom. The molecular formula is C16H25N3O2. The van der Waals surface area contributed by atoms with E-state index in [1.165, 1.54) is 4.90 Å². The minimum absolute atomic E-state index is 0.0361. The maximum atomic E-state index is 12.1. The molecule has 0 aliphatic heterocycles. The van der Waals surface area contributed by atoms with Crippen molar-refractivity contribution in [1.82, 2.24) is 10.2 Å². The van der Waals surface area contributed by atoms with Gasteiger partial charge in [-0.05, 0) is 30.0 Å². The average molecular weight is 291 g/mol. The Kier molecular flexibility index (Phi) is 6.72. The number of nitrogens with two attached hydrogens (primary N) is 1. The van der Waals surface area contributed by atoms with Gasteiger partial charge in [-0.25, -0.2) is 0 Å². The molecule has 0 aliphatic rings. The molecule has 1 aromatic rings. The van der Waals surface area contributed by atoms with Crippen LogP contribution >= 0.6 is 0 Å². The number of benzene rings is 1. The highest BCUT2D eigenvalue weighted by atomic mass is 16.2. The van der Waals surface area contributed by atoms with Crippen LogP contribution in [0.5, 0.6) is 0 Å². The number of likely N-dealkylation sites (N-methyl/N-ethyl adjacent to an activating group) is 1. The van der Waals surface area contributed by atoms with Crippen molar-refractivity contribution < 1.29 is 9.59 Å². The van der Waals surface area contributed by atoms with Gasteiger partial charge in [-0.3, -0.25) is 9.59 Å². The van der Waals surface area contributed by atoms with Crippen LogP contribution in [0.25, 0.3) is 0 Å². The minimum atomic E-state index is -0.118. The third kappa shape index (κ3) is 5.85. The second-order valence-electron chi connectivity index (χ2n) is 5.37. The maximum Gasteiger partial charge on any atom is 0.239 e. The van der Waals surface area contributed by atoms with Crippen molar-refractivity contribution in [1.29, 1.82) is 0 Å². The summed E-state index contributed by atoms with van der Waals surface area (Å²) in [7, 11) is 1.66. The Bertz CT molecular complexity index is 471. The van der Waals surface area contributed by atoms with E-state index < -0.39 is 0 Å². The molecule has 1 atom stereocenters. The number of anilines is 1. The molecule has 1 aromatic carbocycles. The Morgan fingerprint density at radius 1 is 1.29 bits per heavy atom. The van der Waals surface area contributed by atoms with E-state index in [9.17, 15) is 9.59 Å². The smallest absolute Gasteiger partial charge is 0.239 e. The van der Waals surface area contributed by atoms with Crippen LogP contribution in [-0.2, 0) is 9.59 Å². The molecule has 5 nitrogen and oxygen atoms in total. The molecule has 116 valence electrons. The first-order valence-electron chi connectivity index (χ1n) is 7.30. The third-order valence-corrected chi connectivity index (χ3v) is 3.37. The van der Waals surface area contributed by atoms with Crippen LogP contribution < -0.4 is 11.1 Å². The summed E-state index contributed by atoms with van der Waals surface area (Å²) in [4.78, 5) is 25.2. The predicted octanol–water partition coefficient (Wildman–Crippen LogP) is 1.75. The van der Waals surface area contributed by atoms with E-state index in [-0.39, 0.29) is 24.3 Å². The topological polar surface area (TPSA) is 75.4 Å². The molecule has 0 aromatic heterocycles. The van der Waals surface area contributed by atoms with Gasteiger partial charge < -0.3 is 16.0 Å². The highest BCUT2D eigenvalue weighted by Crippen LogP contribution is 2.20. The molecule has 1 rings (SSSR count). The SMILES string of the molecule is CCCNC(=O)CN(C)C(=O)CC(C)c1ccc(N)cc1. The maximum absolute atomic E-state index is 12.1. The number of nitrogens with zero attached hydrogens (tertiary/aromatic N) is 1. The standard InChI is InChI=1S/C16H25N3O2/c1-4-9-18-15(20)11-19(3)16(21)10-12(2)13-5-7-14(17)8-6-13/h5-8,12H,4,9-11,17H2,1-3H3,(H,18,20). The van der Waals surface area contributed by atoms with Gasteiger partial charge in [0, 0.05) is 25.7 Å². The largest absolute Gasteiger partial charge is 0.399 e. The molecule has 0 fully saturated rings. The Labute approximate surface area is 126 Å². The van der Waals surface area contributed by atoms with Gasteiger partial charge in [-0.1, -0.05) is 26.0 Å². The first kappa shape index (κ1) is 17.0. The molecule has 1 unspecified atom stereocenters. The lowest BCUT2D eigenvalue weighted by Crippen LogP contribution is -2.38. The molecule has 0 saturated carbocycles. The fourth-order valence-electron chi connectivity index (χ4n) is 1.98. The second-order valence-corrected chi connectivity index (χ2v) is 5.37. The summed E-state index contributed by atoms with van der Waals surface area (Å²) in [5.74, 6) is -0.0573. The first-order chi connectivity index (χ1) is 9.93. The molecule has 5 heteroatoms. The van der Waals surface area contributed by atoms with Crippen molar-refractivity contribution in [3.05, 3.63) is 29.8 Å². The Morgan fingerprint density at radius 3 is 2.48 bits per heavy atom. The van der Waals surface area contributed by atoms with E-state index in [1.807, 2.05) is 38.1 Å². The summed E-state index contributed by atoms with van der Waals surface area (Å²) in [5, 5.41) is 2.76. The fraction of sp³-hybridized carbons (Fsp3) is 0.500. The number of carbonyl (C=O) groups is 2. The van der Waals surface area contributed by atoms with E-state index in [2.05, 4.69) is 5.32 Å². The summed E-state index contributed by atoms with van der Waals surface area (Å²) in [5.41, 5.74) is 7.43. The van der Waals surface area contributed by atoms with E-state index in [0.29, 0.717) is 18.7 Å². The lowest BCUT2D eigenvalue weighted by atomic mass is 9.97. The number of carbonyl (C=O) groups excluding carboxylic acids is 2. The van der Waals surface area contributed by atoms with Crippen LogP contribution in [0.1, 0.15) is 38.2 Å². The fourth-order valence-corrected chi connectivity index (χ4v) is 1.98. The summed E-state index contributed by atoms with van der Waals surface area (Å²) in [6, 6.07) is 7.53. The summed E-state index contributed by atoms with van der Waals surface area (Å²) < 4.78 is 0. The van der Waals surface area contributed by atoms with Gasteiger partial charge in [-0.2, -0.15) is 0 Å². The molecule has 0 aliphatic carbocycles. The quantitative estimate of drug-likeness (QED) is 0.751. The average Bonchev–Trinajstić information content (AvgIpc) is 2.45. The third-order valence-electron chi connectivity index (χ3n) is 3.37. The number of hydrogen-bond donors (Lipinski definition) is 2. The second kappa shape index (κ2) is 8.29. The molecular weight excluding hydrogens is 266 g/mol. The van der Waals surface area contributed by atoms with Crippen LogP contribution in [0, 0.1) is 0 Å². The van der Waals surface area contributed by atoms with Crippen molar-refractivity contribution in [2.24, 2.45) is 0 Å². The summed E-state index contributed by atoms with van der Waals surface area (Å²) >= 11 is 0. The van der Waals surface area contributed by atoms with Crippen LogP contribution in [0.3, 0.4) is 0 Å². The van der Waals surface area contributed by atoms with Crippen molar-refractivity contribution >= 4 is 17.5 Å². The molecule has 2 amide bonds. The van der Waals surface area contributed by atoms with Crippen molar-refractivity contribution in [2.45, 2.75) is 32.6 Å². The van der Waals surface area contributed by atoms with E-state index >= 15 is 0 Å². The summed E-state index contributed by atoms with van der Waals surface area (Å²) in [6.45, 7) is 4.73. The van der Waals surface area contributed by atoms with E-state index in [4.69, 9.17) is 5.73 Å². The lowest BCUT2D eigenvalue weighted by molar-refractivity contribution is -0.135. The molecule has 0 saturated heterocycles. The van der Waals surface area contributed by atoms with Crippen LogP contribution in [0.2, 0.25) is 0 Å². The predicted molar refractivity (Wildman–Crippen MR) is 84.8 cm³/mol. The minimum Gasteiger partial charge on any atom is -0.399 e. The van der Waals surface area contributed by atoms with Gasteiger partial charge in [0.25, 0.3) is 0 Å². The highest BCUT2D eigenvalue weighted by molar-refractivity contribution is 5.84. The molecule has 3 N–H and O–H groups in total. The molecule has 21 heavy (non-hydrogen) atoms. The highest BCUT2D eigenvalue weighted by Gasteiger charge is 2.16. The van der Waals surface area contributed by atoms with Gasteiger partial charge in [-0.15, -0.1) is 0 Å². The van der Waals surface area contributed by atoms with Gasteiger partial charge in [0.05, 0.1) is 6.54 Å². The monoisotopic (exact) mass is 291 g/mol. The Balaban J connectivity index is 2.47. The van der Waals surface area contributed by atoms with Gasteiger partial charge in [0.15, 0.2) is 0 Å². The van der Waals surface area contributed by atoms with Gasteiger partial charge in [0.2, 0.25) is 11.8 Å². The van der Waals surface area contributed by atoms with Gasteiger partial charge in [0.1, 0.15) is 0 Å². The zero-order valence-electron chi connectivity index (χ0n) is 13.1. The number of hydrogen-bond acceptors (Lipinski definition) is 3. The summed E-state index contributed by atoms with van der Waals surface area (Å²) in [6.07, 6.45) is 1.26. The number of amides is 2. The van der Waals surface area contributed by atoms with Crippen LogP contribution in [-0.4, -0.2) is 36.9 Å². The molecule has 0 heterocycles. The normalized spacial score (nSPS) is 11.8. The first-order valence-corrected chi connectivity index (χ1v) is 7.30. The lowest BCUT2D eigenvalue weighted by Gasteiger charge is -2.19. The number of rotatable bonds is 7. The van der Waals surface area contributed by atoms with Crippen LogP contribution in [0.4, 0.5) is 5.69 Å². The van der Waals surface area contributed by atoms with Gasteiger partial charge >= 0.3 is 0 Å². The van der Waals surface area contributed by atoms with Crippen molar-refractivity contribution in [3.63, 3.8) is 0 Å². The number of nitrogens with one attached hydrogen (secondary N) is 1. The van der Waals surface area contributed by atoms with Crippen molar-refractivity contribution in [3.8, 4) is 0 Å². The van der Waals surface area contributed by atoms with E-state index in [1.54, 1.807) is 7.05 Å². The zero-order chi connectivity index (χ0) is 15.8. The van der Waals surface area contributed by atoms with Crippen molar-refractivity contribution in [2.75, 3.05) is 25.9 Å². The molecule has 0 bridgehead atoms. The van der Waals surface area contributed by atoms with E-state index in [0.717, 1.165) is 12.0 Å². The molecule has 0 radical (unpaired) electrons. The Hall–Kier alpha value is -2.04. The van der Waals surface area contributed by atoms with Crippen LogP contribution in [0.15, 0.2) is 24.3 Å². The number of nitrogen functional groups attached to an aromatic ring is 1. The molecule has 0 spiro atoms. The zero-order valence-corrected chi connectivity index (χ0v) is 13.1.